The van der Waals surface area contributed by atoms with Crippen molar-refractivity contribution in [3.63, 3.8) is 0 Å². The van der Waals surface area contributed by atoms with Crippen LogP contribution in [-0.4, -0.2) is 29.4 Å². The number of rotatable bonds is 6. The summed E-state index contributed by atoms with van der Waals surface area (Å²) in [5, 5.41) is 17.2. The number of hydrogen-bond acceptors (Lipinski definition) is 3. The Hall–Kier alpha value is -1.46. The Morgan fingerprint density at radius 3 is 2.81 bits per heavy atom. The Kier molecular flexibility index (Phi) is 4.88. The summed E-state index contributed by atoms with van der Waals surface area (Å²) in [6, 6.07) is 4.15. The minimum Gasteiger partial charge on any atom is -0.478 e. The molecule has 0 bridgehead atoms. The monoisotopic (exact) mass is 228 g/mol. The van der Waals surface area contributed by atoms with Crippen LogP contribution in [0.3, 0.4) is 0 Å². The van der Waals surface area contributed by atoms with Gasteiger partial charge in [0.15, 0.2) is 0 Å². The van der Waals surface area contributed by atoms with Gasteiger partial charge in [-0.3, -0.25) is 0 Å². The summed E-state index contributed by atoms with van der Waals surface area (Å²) < 4.78 is 18.6. The number of ether oxygens (including phenoxy) is 1. The van der Waals surface area contributed by atoms with Crippen molar-refractivity contribution in [3.8, 4) is 0 Å². The topological polar surface area (TPSA) is 66.8 Å². The van der Waals surface area contributed by atoms with E-state index in [-0.39, 0.29) is 24.3 Å². The maximum atomic E-state index is 13.5. The van der Waals surface area contributed by atoms with Crippen molar-refractivity contribution in [2.45, 2.75) is 13.0 Å². The van der Waals surface area contributed by atoms with Gasteiger partial charge in [-0.25, -0.2) is 9.18 Å². The van der Waals surface area contributed by atoms with Gasteiger partial charge in [0.05, 0.1) is 12.2 Å². The van der Waals surface area contributed by atoms with E-state index in [1.807, 2.05) is 0 Å². The Balaban J connectivity index is 2.66. The molecule has 0 unspecified atom stereocenters. The quantitative estimate of drug-likeness (QED) is 0.723. The van der Waals surface area contributed by atoms with Gasteiger partial charge in [0.1, 0.15) is 5.82 Å². The van der Waals surface area contributed by atoms with Crippen molar-refractivity contribution in [1.29, 1.82) is 0 Å². The number of aromatic carboxylic acids is 1. The molecule has 4 nitrogen and oxygen atoms in total. The Morgan fingerprint density at radius 2 is 2.19 bits per heavy atom. The molecule has 0 aromatic heterocycles. The second kappa shape index (κ2) is 6.19. The molecule has 88 valence electrons. The second-order valence-corrected chi connectivity index (χ2v) is 3.21. The summed E-state index contributed by atoms with van der Waals surface area (Å²) in [5.41, 5.74) is -0.152. The number of carbonyl (C=O) groups is 1. The van der Waals surface area contributed by atoms with Crippen LogP contribution < -0.4 is 0 Å². The lowest BCUT2D eigenvalue weighted by molar-refractivity contribution is 0.0690. The lowest BCUT2D eigenvalue weighted by Gasteiger charge is -2.06. The number of aliphatic hydroxyl groups is 1. The van der Waals surface area contributed by atoms with E-state index in [4.69, 9.17) is 14.9 Å². The van der Waals surface area contributed by atoms with Crippen molar-refractivity contribution in [2.75, 3.05) is 13.2 Å². The van der Waals surface area contributed by atoms with Gasteiger partial charge in [-0.1, -0.05) is 12.1 Å². The zero-order chi connectivity index (χ0) is 12.0. The minimum atomic E-state index is -1.30. The fourth-order valence-electron chi connectivity index (χ4n) is 1.21. The van der Waals surface area contributed by atoms with Gasteiger partial charge in [0, 0.05) is 18.8 Å². The van der Waals surface area contributed by atoms with Crippen LogP contribution in [0.4, 0.5) is 4.39 Å². The van der Waals surface area contributed by atoms with Crippen molar-refractivity contribution in [1.82, 2.24) is 0 Å². The zero-order valence-electron chi connectivity index (χ0n) is 8.65. The van der Waals surface area contributed by atoms with Gasteiger partial charge < -0.3 is 14.9 Å². The highest BCUT2D eigenvalue weighted by Crippen LogP contribution is 2.14. The third kappa shape index (κ3) is 3.29. The van der Waals surface area contributed by atoms with Gasteiger partial charge >= 0.3 is 5.97 Å². The molecule has 0 saturated carbocycles. The minimum absolute atomic E-state index is 0.00690. The first-order chi connectivity index (χ1) is 7.66. The normalized spacial score (nSPS) is 10.4. The van der Waals surface area contributed by atoms with E-state index < -0.39 is 11.8 Å². The van der Waals surface area contributed by atoms with Gasteiger partial charge in [0.2, 0.25) is 0 Å². The second-order valence-electron chi connectivity index (χ2n) is 3.21. The fraction of sp³-hybridized carbons (Fsp3) is 0.364. The van der Waals surface area contributed by atoms with Crippen LogP contribution in [0.25, 0.3) is 0 Å². The molecule has 2 N–H and O–H groups in total. The number of halogens is 1. The molecule has 0 aliphatic carbocycles. The predicted octanol–water partition coefficient (Wildman–Crippen LogP) is 1.42. The molecule has 0 saturated heterocycles. The Morgan fingerprint density at radius 1 is 1.44 bits per heavy atom. The molecular weight excluding hydrogens is 215 g/mol. The molecule has 5 heteroatoms. The summed E-state index contributed by atoms with van der Waals surface area (Å²) in [4.78, 5) is 10.6. The van der Waals surface area contributed by atoms with Crippen LogP contribution in [0.1, 0.15) is 22.3 Å². The average molecular weight is 228 g/mol. The van der Waals surface area contributed by atoms with Gasteiger partial charge in [-0.05, 0) is 12.5 Å². The molecule has 0 amide bonds. The molecule has 0 spiro atoms. The molecule has 0 atom stereocenters. The van der Waals surface area contributed by atoms with Crippen LogP contribution in [0, 0.1) is 5.82 Å². The maximum Gasteiger partial charge on any atom is 0.338 e. The first-order valence-corrected chi connectivity index (χ1v) is 4.86. The fourth-order valence-corrected chi connectivity index (χ4v) is 1.21. The van der Waals surface area contributed by atoms with Crippen LogP contribution in [-0.2, 0) is 11.3 Å². The van der Waals surface area contributed by atoms with Crippen LogP contribution in [0.15, 0.2) is 18.2 Å². The number of hydrogen-bond donors (Lipinski definition) is 2. The maximum absolute atomic E-state index is 13.5. The van der Waals surface area contributed by atoms with E-state index >= 15 is 0 Å². The largest absolute Gasteiger partial charge is 0.478 e. The average Bonchev–Trinajstić information content (AvgIpc) is 2.26. The van der Waals surface area contributed by atoms with Crippen molar-refractivity contribution < 1.29 is 24.1 Å². The first-order valence-electron chi connectivity index (χ1n) is 4.86. The SMILES string of the molecule is O=C(O)c1cccc(COCCCO)c1F. The van der Waals surface area contributed by atoms with Crippen LogP contribution in [0.2, 0.25) is 0 Å². The summed E-state index contributed by atoms with van der Waals surface area (Å²) in [6.45, 7) is 0.331. The van der Waals surface area contributed by atoms with Crippen molar-refractivity contribution >= 4 is 5.97 Å². The van der Waals surface area contributed by atoms with E-state index in [0.717, 1.165) is 0 Å². The molecule has 0 aliphatic rings. The van der Waals surface area contributed by atoms with Gasteiger partial charge in [-0.15, -0.1) is 0 Å². The zero-order valence-corrected chi connectivity index (χ0v) is 8.65. The van der Waals surface area contributed by atoms with E-state index in [1.54, 1.807) is 0 Å². The molecule has 16 heavy (non-hydrogen) atoms. The van der Waals surface area contributed by atoms with Crippen molar-refractivity contribution in [3.05, 3.63) is 35.1 Å². The van der Waals surface area contributed by atoms with Crippen molar-refractivity contribution in [2.24, 2.45) is 0 Å². The summed E-state index contributed by atoms with van der Waals surface area (Å²) in [7, 11) is 0. The highest BCUT2D eigenvalue weighted by molar-refractivity contribution is 5.88. The molecular formula is C11H13FO4. The first kappa shape index (κ1) is 12.6. The lowest BCUT2D eigenvalue weighted by Crippen LogP contribution is -2.05. The van der Waals surface area contributed by atoms with E-state index in [0.29, 0.717) is 13.0 Å². The molecule has 0 radical (unpaired) electrons. The number of aliphatic hydroxyl groups excluding tert-OH is 1. The van der Waals surface area contributed by atoms with E-state index in [9.17, 15) is 9.18 Å². The molecule has 1 aromatic carbocycles. The van der Waals surface area contributed by atoms with Crippen LogP contribution in [0.5, 0.6) is 0 Å². The van der Waals surface area contributed by atoms with E-state index in [1.165, 1.54) is 18.2 Å². The number of carboxylic acid groups (broad SMARTS) is 1. The molecule has 0 fully saturated rings. The smallest absolute Gasteiger partial charge is 0.338 e. The predicted molar refractivity (Wildman–Crippen MR) is 54.7 cm³/mol. The third-order valence-electron chi connectivity index (χ3n) is 2.01. The van der Waals surface area contributed by atoms with E-state index in [2.05, 4.69) is 0 Å². The number of carboxylic acids is 1. The highest BCUT2D eigenvalue weighted by Gasteiger charge is 2.13. The Labute approximate surface area is 92.3 Å². The lowest BCUT2D eigenvalue weighted by atomic mass is 10.1. The number of benzene rings is 1. The van der Waals surface area contributed by atoms with Gasteiger partial charge in [0.25, 0.3) is 0 Å². The Bertz CT molecular complexity index is 365. The van der Waals surface area contributed by atoms with Crippen LogP contribution >= 0.6 is 0 Å². The third-order valence-corrected chi connectivity index (χ3v) is 2.01. The summed E-state index contributed by atoms with van der Waals surface area (Å²) in [5.74, 6) is -2.06. The highest BCUT2D eigenvalue weighted by atomic mass is 19.1. The molecule has 0 heterocycles. The molecule has 1 rings (SSSR count). The summed E-state index contributed by atoms with van der Waals surface area (Å²) >= 11 is 0. The molecule has 0 aliphatic heterocycles. The summed E-state index contributed by atoms with van der Waals surface area (Å²) in [6.07, 6.45) is 0.472. The molecule has 1 aromatic rings. The van der Waals surface area contributed by atoms with Gasteiger partial charge in [-0.2, -0.15) is 0 Å². The standard InChI is InChI=1S/C11H13FO4/c12-10-8(7-16-6-2-5-13)3-1-4-9(10)11(14)15/h1,3-4,13H,2,5-7H2,(H,14,15).